The molecular formula is C12H14FNO2. The van der Waals surface area contributed by atoms with Gasteiger partial charge in [0.2, 0.25) is 0 Å². The van der Waals surface area contributed by atoms with Gasteiger partial charge >= 0.3 is 5.97 Å². The zero-order valence-electron chi connectivity index (χ0n) is 8.87. The minimum atomic E-state index is -0.887. The van der Waals surface area contributed by atoms with Gasteiger partial charge in [0.1, 0.15) is 5.82 Å². The number of rotatable bonds is 3. The number of carbonyl (C=O) groups is 1. The number of benzene rings is 1. The van der Waals surface area contributed by atoms with Crippen molar-refractivity contribution in [3.05, 3.63) is 35.1 Å². The van der Waals surface area contributed by atoms with Crippen LogP contribution in [0.2, 0.25) is 0 Å². The molecule has 1 aliphatic rings. The lowest BCUT2D eigenvalue weighted by Gasteiger charge is -2.26. The summed E-state index contributed by atoms with van der Waals surface area (Å²) in [4.78, 5) is 10.9. The van der Waals surface area contributed by atoms with Crippen LogP contribution in [0.25, 0.3) is 0 Å². The first-order chi connectivity index (χ1) is 7.57. The lowest BCUT2D eigenvalue weighted by molar-refractivity contribution is -0.138. The Morgan fingerprint density at radius 3 is 2.94 bits per heavy atom. The fourth-order valence-corrected chi connectivity index (χ4v) is 2.53. The van der Waals surface area contributed by atoms with Crippen molar-refractivity contribution in [2.75, 3.05) is 6.54 Å². The van der Waals surface area contributed by atoms with Gasteiger partial charge in [-0.2, -0.15) is 0 Å². The molecule has 86 valence electrons. The summed E-state index contributed by atoms with van der Waals surface area (Å²) in [6.45, 7) is 0.246. The monoisotopic (exact) mass is 223 g/mol. The van der Waals surface area contributed by atoms with E-state index < -0.39 is 11.4 Å². The largest absolute Gasteiger partial charge is 0.481 e. The number of carboxylic acids is 1. The Balaban J connectivity index is 2.45. The van der Waals surface area contributed by atoms with Crippen LogP contribution in [-0.4, -0.2) is 17.6 Å². The smallest absolute Gasteiger partial charge is 0.304 e. The van der Waals surface area contributed by atoms with E-state index in [0.717, 1.165) is 17.5 Å². The van der Waals surface area contributed by atoms with E-state index in [1.165, 1.54) is 12.1 Å². The maximum atomic E-state index is 13.2. The zero-order chi connectivity index (χ0) is 11.8. The van der Waals surface area contributed by atoms with Gasteiger partial charge in [-0.1, -0.05) is 6.07 Å². The second-order valence-electron chi connectivity index (χ2n) is 4.36. The molecule has 0 saturated carbocycles. The van der Waals surface area contributed by atoms with Gasteiger partial charge in [0.15, 0.2) is 0 Å². The van der Waals surface area contributed by atoms with Crippen LogP contribution in [0.5, 0.6) is 0 Å². The van der Waals surface area contributed by atoms with Crippen LogP contribution in [0.4, 0.5) is 4.39 Å². The number of aryl methyl sites for hydroxylation is 1. The standard InChI is InChI=1S/C12H14FNO2/c13-9-2-1-8-3-4-12(7-14,6-11(15)16)10(8)5-9/h1-2,5H,3-4,6-7,14H2,(H,15,16). The number of halogens is 1. The molecule has 16 heavy (non-hydrogen) atoms. The Morgan fingerprint density at radius 2 is 2.31 bits per heavy atom. The highest BCUT2D eigenvalue weighted by atomic mass is 19.1. The molecule has 1 atom stereocenters. The van der Waals surface area contributed by atoms with E-state index in [4.69, 9.17) is 10.8 Å². The lowest BCUT2D eigenvalue weighted by Crippen LogP contribution is -2.35. The van der Waals surface area contributed by atoms with Crippen LogP contribution in [-0.2, 0) is 16.6 Å². The molecule has 4 heteroatoms. The van der Waals surface area contributed by atoms with Crippen molar-refractivity contribution in [3.63, 3.8) is 0 Å². The van der Waals surface area contributed by atoms with E-state index in [1.807, 2.05) is 0 Å². The van der Waals surface area contributed by atoms with Crippen molar-refractivity contribution in [2.45, 2.75) is 24.7 Å². The maximum Gasteiger partial charge on any atom is 0.304 e. The molecule has 0 spiro atoms. The number of hydrogen-bond acceptors (Lipinski definition) is 2. The number of nitrogens with two attached hydrogens (primary N) is 1. The average Bonchev–Trinajstić information content (AvgIpc) is 2.57. The van der Waals surface area contributed by atoms with Crippen LogP contribution in [0.15, 0.2) is 18.2 Å². The van der Waals surface area contributed by atoms with Gasteiger partial charge in [-0.3, -0.25) is 4.79 Å². The highest BCUT2D eigenvalue weighted by Crippen LogP contribution is 2.41. The third-order valence-electron chi connectivity index (χ3n) is 3.40. The number of aliphatic carboxylic acids is 1. The predicted molar refractivity (Wildman–Crippen MR) is 57.7 cm³/mol. The van der Waals surface area contributed by atoms with Gasteiger partial charge in [-0.05, 0) is 36.1 Å². The summed E-state index contributed by atoms with van der Waals surface area (Å²) >= 11 is 0. The predicted octanol–water partition coefficient (Wildman–Crippen LogP) is 1.44. The fourth-order valence-electron chi connectivity index (χ4n) is 2.53. The van der Waals surface area contributed by atoms with Crippen molar-refractivity contribution >= 4 is 5.97 Å². The topological polar surface area (TPSA) is 63.3 Å². The minimum Gasteiger partial charge on any atom is -0.481 e. The van der Waals surface area contributed by atoms with Gasteiger partial charge in [0, 0.05) is 12.0 Å². The second kappa shape index (κ2) is 3.87. The molecule has 0 amide bonds. The summed E-state index contributed by atoms with van der Waals surface area (Å²) in [5.74, 6) is -1.22. The lowest BCUT2D eigenvalue weighted by atomic mass is 9.79. The molecule has 1 unspecified atom stereocenters. The summed E-state index contributed by atoms with van der Waals surface area (Å²) in [6.07, 6.45) is 1.44. The van der Waals surface area contributed by atoms with Crippen molar-refractivity contribution in [1.29, 1.82) is 0 Å². The summed E-state index contributed by atoms with van der Waals surface area (Å²) in [5, 5.41) is 8.92. The highest BCUT2D eigenvalue weighted by molar-refractivity contribution is 5.70. The highest BCUT2D eigenvalue weighted by Gasteiger charge is 2.39. The number of hydrogen-bond donors (Lipinski definition) is 2. The molecule has 3 nitrogen and oxygen atoms in total. The van der Waals surface area contributed by atoms with E-state index in [-0.39, 0.29) is 18.8 Å². The van der Waals surface area contributed by atoms with Gasteiger partial charge in [-0.25, -0.2) is 4.39 Å². The van der Waals surface area contributed by atoms with E-state index in [0.29, 0.717) is 6.42 Å². The second-order valence-corrected chi connectivity index (χ2v) is 4.36. The van der Waals surface area contributed by atoms with Gasteiger partial charge in [0.25, 0.3) is 0 Å². The molecule has 0 bridgehead atoms. The van der Waals surface area contributed by atoms with E-state index in [2.05, 4.69) is 0 Å². The van der Waals surface area contributed by atoms with Gasteiger partial charge in [0.05, 0.1) is 6.42 Å². The SMILES string of the molecule is NCC1(CC(=O)O)CCc2ccc(F)cc21. The maximum absolute atomic E-state index is 13.2. The van der Waals surface area contributed by atoms with Gasteiger partial charge < -0.3 is 10.8 Å². The molecule has 0 aliphatic heterocycles. The van der Waals surface area contributed by atoms with Crippen molar-refractivity contribution in [3.8, 4) is 0 Å². The van der Waals surface area contributed by atoms with Crippen LogP contribution in [0, 0.1) is 5.82 Å². The first-order valence-corrected chi connectivity index (χ1v) is 5.28. The number of carboxylic acid groups (broad SMARTS) is 1. The first kappa shape index (κ1) is 11.1. The Bertz CT molecular complexity index is 433. The molecular weight excluding hydrogens is 209 g/mol. The van der Waals surface area contributed by atoms with Crippen LogP contribution in [0.1, 0.15) is 24.0 Å². The van der Waals surface area contributed by atoms with Crippen LogP contribution in [0.3, 0.4) is 0 Å². The molecule has 0 radical (unpaired) electrons. The molecule has 0 heterocycles. The third-order valence-corrected chi connectivity index (χ3v) is 3.40. The Morgan fingerprint density at radius 1 is 1.56 bits per heavy atom. The van der Waals surface area contributed by atoms with Crippen molar-refractivity contribution < 1.29 is 14.3 Å². The van der Waals surface area contributed by atoms with Crippen LogP contribution >= 0.6 is 0 Å². The summed E-state index contributed by atoms with van der Waals surface area (Å²) < 4.78 is 13.2. The first-order valence-electron chi connectivity index (χ1n) is 5.28. The molecule has 1 aromatic rings. The average molecular weight is 223 g/mol. The van der Waals surface area contributed by atoms with E-state index in [1.54, 1.807) is 6.07 Å². The number of fused-ring (bicyclic) bond motifs is 1. The Labute approximate surface area is 93.1 Å². The molecule has 0 fully saturated rings. The normalized spacial score (nSPS) is 23.1. The quantitative estimate of drug-likeness (QED) is 0.815. The van der Waals surface area contributed by atoms with Crippen LogP contribution < -0.4 is 5.73 Å². The Kier molecular flexibility index (Phi) is 2.68. The fraction of sp³-hybridized carbons (Fsp3) is 0.417. The Hall–Kier alpha value is -1.42. The molecule has 1 aromatic carbocycles. The summed E-state index contributed by atoms with van der Waals surface area (Å²) in [6, 6.07) is 4.56. The molecule has 2 rings (SSSR count). The summed E-state index contributed by atoms with van der Waals surface area (Å²) in [7, 11) is 0. The summed E-state index contributed by atoms with van der Waals surface area (Å²) in [5.41, 5.74) is 6.91. The van der Waals surface area contributed by atoms with E-state index >= 15 is 0 Å². The molecule has 0 aromatic heterocycles. The van der Waals surface area contributed by atoms with Crippen molar-refractivity contribution in [2.24, 2.45) is 5.73 Å². The van der Waals surface area contributed by atoms with E-state index in [9.17, 15) is 9.18 Å². The molecule has 3 N–H and O–H groups in total. The molecule has 1 aliphatic carbocycles. The minimum absolute atomic E-state index is 0.0278. The molecule has 0 saturated heterocycles. The van der Waals surface area contributed by atoms with Gasteiger partial charge in [-0.15, -0.1) is 0 Å². The van der Waals surface area contributed by atoms with Crippen molar-refractivity contribution in [1.82, 2.24) is 0 Å². The zero-order valence-corrected chi connectivity index (χ0v) is 8.87. The third kappa shape index (κ3) is 1.69.